The number of alkyl halides is 3. The number of amides is 2. The van der Waals surface area contributed by atoms with Gasteiger partial charge in [0, 0.05) is 12.0 Å². The molecule has 1 fully saturated rings. The molecule has 0 bridgehead atoms. The van der Waals surface area contributed by atoms with Crippen LogP contribution in [-0.2, 0) is 6.54 Å². The second-order valence-electron chi connectivity index (χ2n) is 6.66. The van der Waals surface area contributed by atoms with Crippen LogP contribution in [0, 0.1) is 11.8 Å². The van der Waals surface area contributed by atoms with E-state index in [0.29, 0.717) is 11.1 Å². The molecule has 2 amide bonds. The van der Waals surface area contributed by atoms with Crippen LogP contribution in [0.3, 0.4) is 0 Å². The Morgan fingerprint density at radius 2 is 1.79 bits per heavy atom. The van der Waals surface area contributed by atoms with Crippen molar-refractivity contribution in [2.45, 2.75) is 19.1 Å². The van der Waals surface area contributed by atoms with Crippen LogP contribution in [0.4, 0.5) is 13.2 Å². The lowest BCUT2D eigenvalue weighted by Gasteiger charge is -2.14. The van der Waals surface area contributed by atoms with Crippen molar-refractivity contribution >= 4 is 23.4 Å². The van der Waals surface area contributed by atoms with Gasteiger partial charge in [-0.3, -0.25) is 14.5 Å². The molecule has 1 aliphatic carbocycles. The average Bonchev–Trinajstić information content (AvgIpc) is 3.39. The number of benzene rings is 1. The minimum absolute atomic E-state index is 0.000524. The van der Waals surface area contributed by atoms with Gasteiger partial charge in [0.25, 0.3) is 11.8 Å². The second-order valence-corrected chi connectivity index (χ2v) is 7.00. The summed E-state index contributed by atoms with van der Waals surface area (Å²) in [7, 11) is 0. The second kappa shape index (κ2) is 6.73. The first-order valence-electron chi connectivity index (χ1n) is 8.42. The van der Waals surface area contributed by atoms with Gasteiger partial charge in [-0.05, 0) is 30.2 Å². The molecule has 1 saturated carbocycles. The minimum Gasteiger partial charge on any atom is -0.477 e. The van der Waals surface area contributed by atoms with E-state index in [2.05, 4.69) is 9.97 Å². The predicted molar refractivity (Wildman–Crippen MR) is 90.8 cm³/mol. The first-order chi connectivity index (χ1) is 13.2. The van der Waals surface area contributed by atoms with Crippen LogP contribution in [0.1, 0.15) is 32.8 Å². The van der Waals surface area contributed by atoms with Crippen molar-refractivity contribution in [2.24, 2.45) is 11.8 Å². The molecule has 146 valence electrons. The topological polar surface area (TPSA) is 72.4 Å². The molecule has 2 aromatic rings. The summed E-state index contributed by atoms with van der Waals surface area (Å²) in [6.07, 6.45) is -4.21. The Balaban J connectivity index is 1.45. The Morgan fingerprint density at radius 1 is 1.14 bits per heavy atom. The van der Waals surface area contributed by atoms with E-state index in [9.17, 15) is 22.8 Å². The van der Waals surface area contributed by atoms with Crippen LogP contribution in [0.5, 0.6) is 5.88 Å². The summed E-state index contributed by atoms with van der Waals surface area (Å²) < 4.78 is 43.1. The molecule has 0 saturated heterocycles. The molecule has 0 spiro atoms. The Bertz CT molecular complexity index is 932. The summed E-state index contributed by atoms with van der Waals surface area (Å²) in [5.74, 6) is -2.89. The predicted octanol–water partition coefficient (Wildman–Crippen LogP) is 3.50. The fraction of sp³-hybridized carbons (Fsp3) is 0.333. The highest BCUT2D eigenvalue weighted by molar-refractivity contribution is 6.28. The number of imide groups is 1. The molecule has 10 heteroatoms. The quantitative estimate of drug-likeness (QED) is 0.556. The molecule has 2 atom stereocenters. The van der Waals surface area contributed by atoms with Gasteiger partial charge in [-0.15, -0.1) is 0 Å². The molecule has 2 aliphatic rings. The van der Waals surface area contributed by atoms with Crippen LogP contribution >= 0.6 is 11.6 Å². The third kappa shape index (κ3) is 3.54. The molecule has 0 radical (unpaired) electrons. The van der Waals surface area contributed by atoms with Crippen LogP contribution in [-0.4, -0.2) is 39.5 Å². The van der Waals surface area contributed by atoms with Gasteiger partial charge in [0.05, 0.1) is 35.9 Å². The van der Waals surface area contributed by atoms with Gasteiger partial charge in [0.15, 0.2) is 0 Å². The van der Waals surface area contributed by atoms with E-state index in [1.54, 1.807) is 24.3 Å². The van der Waals surface area contributed by atoms with Gasteiger partial charge in [-0.25, -0.2) is 4.98 Å². The maximum atomic E-state index is 12.6. The summed E-state index contributed by atoms with van der Waals surface area (Å²) in [6, 6.07) is 7.80. The molecule has 2 heterocycles. The fourth-order valence-electron chi connectivity index (χ4n) is 3.17. The third-order valence-corrected chi connectivity index (χ3v) is 4.88. The largest absolute Gasteiger partial charge is 0.477 e. The number of halogens is 4. The van der Waals surface area contributed by atoms with Crippen molar-refractivity contribution < 1.29 is 27.5 Å². The molecular formula is C18H13ClF3N3O3. The van der Waals surface area contributed by atoms with E-state index in [0.717, 1.165) is 4.90 Å². The lowest BCUT2D eigenvalue weighted by atomic mass is 10.1. The first-order valence-corrected chi connectivity index (χ1v) is 8.80. The maximum Gasteiger partial charge on any atom is 0.392 e. The number of carbonyl (C=O) groups is 2. The zero-order valence-corrected chi connectivity index (χ0v) is 15.0. The highest BCUT2D eigenvalue weighted by Crippen LogP contribution is 2.50. The Morgan fingerprint density at radius 3 is 2.36 bits per heavy atom. The average molecular weight is 412 g/mol. The number of rotatable bonds is 5. The van der Waals surface area contributed by atoms with E-state index < -0.39 is 29.8 Å². The van der Waals surface area contributed by atoms with Gasteiger partial charge < -0.3 is 4.74 Å². The highest BCUT2D eigenvalue weighted by atomic mass is 35.5. The minimum atomic E-state index is -4.23. The number of hydrogen-bond acceptors (Lipinski definition) is 5. The van der Waals surface area contributed by atoms with Crippen molar-refractivity contribution in [3.8, 4) is 5.88 Å². The van der Waals surface area contributed by atoms with Crippen molar-refractivity contribution in [1.82, 2.24) is 14.9 Å². The zero-order chi connectivity index (χ0) is 20.1. The highest BCUT2D eigenvalue weighted by Gasteiger charge is 2.55. The van der Waals surface area contributed by atoms with Gasteiger partial charge >= 0.3 is 6.18 Å². The molecule has 2 unspecified atom stereocenters. The zero-order valence-electron chi connectivity index (χ0n) is 14.2. The van der Waals surface area contributed by atoms with Crippen LogP contribution < -0.4 is 4.74 Å². The summed E-state index contributed by atoms with van der Waals surface area (Å²) in [5.41, 5.74) is 0.847. The monoisotopic (exact) mass is 411 g/mol. The van der Waals surface area contributed by atoms with Crippen molar-refractivity contribution in [3.05, 3.63) is 52.4 Å². The van der Waals surface area contributed by atoms with Gasteiger partial charge in [-0.1, -0.05) is 12.1 Å². The summed E-state index contributed by atoms with van der Waals surface area (Å²) in [5, 5.41) is -0.188. The lowest BCUT2D eigenvalue weighted by molar-refractivity contribution is -0.151. The van der Waals surface area contributed by atoms with Crippen molar-refractivity contribution in [1.29, 1.82) is 0 Å². The standard InChI is InChI=1S/C18H13ClF3N3O3/c19-17-23-10(6-14(24-17)28-8-9-5-13(9)18(20,21)22)7-25-15(26)11-3-1-2-4-12(11)16(25)27/h1-4,6,9,13H,5,7-8H2. The van der Waals surface area contributed by atoms with Crippen molar-refractivity contribution in [3.63, 3.8) is 0 Å². The maximum absolute atomic E-state index is 12.6. The SMILES string of the molecule is O=C1c2ccccc2C(=O)N1Cc1cc(OCC2CC2C(F)(F)F)nc(Cl)n1. The molecule has 6 nitrogen and oxygen atoms in total. The Labute approximate surface area is 162 Å². The molecule has 28 heavy (non-hydrogen) atoms. The van der Waals surface area contributed by atoms with Gasteiger partial charge in [-0.2, -0.15) is 18.2 Å². The smallest absolute Gasteiger partial charge is 0.392 e. The third-order valence-electron chi connectivity index (χ3n) is 4.72. The number of aromatic nitrogens is 2. The summed E-state index contributed by atoms with van der Waals surface area (Å²) in [6.45, 7) is -0.302. The number of carbonyl (C=O) groups excluding carboxylic acids is 2. The van der Waals surface area contributed by atoms with E-state index in [1.165, 1.54) is 6.07 Å². The Hall–Kier alpha value is -2.68. The van der Waals surface area contributed by atoms with E-state index in [1.807, 2.05) is 0 Å². The van der Waals surface area contributed by atoms with E-state index >= 15 is 0 Å². The molecule has 1 aliphatic heterocycles. The molecular weight excluding hydrogens is 399 g/mol. The van der Waals surface area contributed by atoms with Gasteiger partial charge in [0.2, 0.25) is 11.2 Å². The molecule has 0 N–H and O–H groups in total. The van der Waals surface area contributed by atoms with Crippen LogP contribution in [0.25, 0.3) is 0 Å². The first kappa shape index (κ1) is 18.7. The molecule has 4 rings (SSSR count). The number of hydrogen-bond donors (Lipinski definition) is 0. The van der Waals surface area contributed by atoms with Gasteiger partial charge in [0.1, 0.15) is 0 Å². The van der Waals surface area contributed by atoms with Crippen LogP contribution in [0.2, 0.25) is 5.28 Å². The number of nitrogens with zero attached hydrogens (tertiary/aromatic N) is 3. The van der Waals surface area contributed by atoms with Crippen molar-refractivity contribution in [2.75, 3.05) is 6.61 Å². The fourth-order valence-corrected chi connectivity index (χ4v) is 3.36. The summed E-state index contributed by atoms with van der Waals surface area (Å²) >= 11 is 5.86. The Kier molecular flexibility index (Phi) is 4.49. The molecule has 1 aromatic heterocycles. The van der Waals surface area contributed by atoms with Crippen LogP contribution in [0.15, 0.2) is 30.3 Å². The number of ether oxygens (including phenoxy) is 1. The lowest BCUT2D eigenvalue weighted by Crippen LogP contribution is -2.29. The molecule has 1 aromatic carbocycles. The summed E-state index contributed by atoms with van der Waals surface area (Å²) in [4.78, 5) is 33.7. The van der Waals surface area contributed by atoms with E-state index in [4.69, 9.17) is 16.3 Å². The van der Waals surface area contributed by atoms with E-state index in [-0.39, 0.29) is 36.4 Å². The normalized spacial score (nSPS) is 21.1. The number of fused-ring (bicyclic) bond motifs is 1.